The van der Waals surface area contributed by atoms with Gasteiger partial charge in [-0.15, -0.1) is 23.1 Å². The average Bonchev–Trinajstić information content (AvgIpc) is 3.70. The molecule has 0 bridgehead atoms. The van der Waals surface area contributed by atoms with Gasteiger partial charge in [-0.3, -0.25) is 4.79 Å². The molecule has 3 heterocycles. The molecule has 7 rings (SSSR count). The summed E-state index contributed by atoms with van der Waals surface area (Å²) in [5.74, 6) is 1.41. The van der Waals surface area contributed by atoms with Crippen LogP contribution in [-0.2, 0) is 27.5 Å². The smallest absolute Gasteiger partial charge is 0.315 e. The summed E-state index contributed by atoms with van der Waals surface area (Å²) in [6.07, 6.45) is 0. The van der Waals surface area contributed by atoms with Crippen molar-refractivity contribution in [1.82, 2.24) is 9.97 Å². The van der Waals surface area contributed by atoms with Crippen molar-refractivity contribution in [3.05, 3.63) is 166 Å². The zero-order valence-electron chi connectivity index (χ0n) is 27.0. The zero-order valence-corrected chi connectivity index (χ0v) is 28.6. The van der Waals surface area contributed by atoms with E-state index >= 15 is 0 Å². The van der Waals surface area contributed by atoms with Crippen molar-refractivity contribution in [1.29, 1.82) is 0 Å². The molecule has 0 saturated carbocycles. The van der Waals surface area contributed by atoms with Crippen molar-refractivity contribution in [2.45, 2.75) is 24.9 Å². The van der Waals surface area contributed by atoms with Crippen LogP contribution < -0.4 is 9.47 Å². The van der Waals surface area contributed by atoms with Crippen molar-refractivity contribution >= 4 is 50.9 Å². The van der Waals surface area contributed by atoms with E-state index in [1.807, 2.05) is 85.8 Å². The second-order valence-corrected chi connectivity index (χ2v) is 13.5. The monoisotopic (exact) mass is 682 g/mol. The third-order valence-electron chi connectivity index (χ3n) is 8.19. The van der Waals surface area contributed by atoms with E-state index in [0.717, 1.165) is 60.7 Å². The molecule has 244 valence electrons. The van der Waals surface area contributed by atoms with Crippen LogP contribution in [-0.4, -0.2) is 28.3 Å². The van der Waals surface area contributed by atoms with Gasteiger partial charge >= 0.3 is 5.97 Å². The van der Waals surface area contributed by atoms with Gasteiger partial charge in [-0.25, -0.2) is 9.97 Å². The van der Waals surface area contributed by atoms with Crippen LogP contribution in [0.1, 0.15) is 34.3 Å². The molecular weight excluding hydrogens is 649 g/mol. The predicted octanol–water partition coefficient (Wildman–Crippen LogP) is 9.59. The molecule has 0 amide bonds. The lowest BCUT2D eigenvalue weighted by atomic mass is 9.88. The van der Waals surface area contributed by atoms with Crippen LogP contribution in [0.15, 0.2) is 139 Å². The van der Waals surface area contributed by atoms with Gasteiger partial charge in [0.25, 0.3) is 0 Å². The number of rotatable bonds is 13. The van der Waals surface area contributed by atoms with E-state index in [-0.39, 0.29) is 11.7 Å². The molecular formula is C41H34N2O4S2. The number of aromatic nitrogens is 2. The fourth-order valence-corrected chi connectivity index (χ4v) is 8.22. The minimum Gasteiger partial charge on any atom is -0.487 e. The Morgan fingerprint density at radius 1 is 0.653 bits per heavy atom. The molecule has 0 unspecified atom stereocenters. The maximum Gasteiger partial charge on any atom is 0.315 e. The first-order valence-electron chi connectivity index (χ1n) is 16.1. The number of thiophene rings is 1. The second-order valence-electron chi connectivity index (χ2n) is 11.4. The Labute approximate surface area is 293 Å². The van der Waals surface area contributed by atoms with E-state index < -0.39 is 4.75 Å². The molecule has 0 spiro atoms. The molecule has 0 atom stereocenters. The van der Waals surface area contributed by atoms with Crippen LogP contribution in [0, 0.1) is 0 Å². The van der Waals surface area contributed by atoms with E-state index in [9.17, 15) is 4.79 Å². The van der Waals surface area contributed by atoms with Gasteiger partial charge < -0.3 is 14.2 Å². The maximum absolute atomic E-state index is 12.7. The topological polar surface area (TPSA) is 70.5 Å². The number of esters is 1. The molecule has 49 heavy (non-hydrogen) atoms. The van der Waals surface area contributed by atoms with Crippen molar-refractivity contribution in [3.63, 3.8) is 0 Å². The average molecular weight is 683 g/mol. The highest BCUT2D eigenvalue weighted by atomic mass is 32.2. The van der Waals surface area contributed by atoms with E-state index in [0.29, 0.717) is 19.8 Å². The van der Waals surface area contributed by atoms with Crippen LogP contribution >= 0.6 is 23.1 Å². The van der Waals surface area contributed by atoms with Crippen molar-refractivity contribution in [3.8, 4) is 11.5 Å². The van der Waals surface area contributed by atoms with Gasteiger partial charge in [0.15, 0.2) is 0 Å². The first kappa shape index (κ1) is 32.4. The number of para-hydroxylation sites is 2. The van der Waals surface area contributed by atoms with Crippen LogP contribution in [0.25, 0.3) is 21.8 Å². The number of thioether (sulfide) groups is 1. The molecule has 8 heteroatoms. The van der Waals surface area contributed by atoms with E-state index in [2.05, 4.69) is 60.0 Å². The number of nitrogens with zero attached hydrogens (tertiary/aromatic N) is 2. The maximum atomic E-state index is 12.7. The molecule has 0 aliphatic carbocycles. The van der Waals surface area contributed by atoms with E-state index in [1.165, 1.54) is 0 Å². The van der Waals surface area contributed by atoms with Crippen LogP contribution in [0.3, 0.4) is 0 Å². The minimum absolute atomic E-state index is 0.184. The van der Waals surface area contributed by atoms with E-state index in [4.69, 9.17) is 24.2 Å². The Morgan fingerprint density at radius 3 is 1.67 bits per heavy atom. The number of ether oxygens (including phenoxy) is 3. The predicted molar refractivity (Wildman–Crippen MR) is 198 cm³/mol. The summed E-state index contributed by atoms with van der Waals surface area (Å²) >= 11 is 3.21. The summed E-state index contributed by atoms with van der Waals surface area (Å²) in [7, 11) is 0. The van der Waals surface area contributed by atoms with Gasteiger partial charge in [-0.1, -0.05) is 78.9 Å². The minimum atomic E-state index is -0.683. The Balaban J connectivity index is 1.15. The second kappa shape index (κ2) is 14.9. The molecule has 0 fully saturated rings. The molecule has 0 aliphatic heterocycles. The molecule has 3 aromatic heterocycles. The highest BCUT2D eigenvalue weighted by Gasteiger charge is 2.39. The normalized spacial score (nSPS) is 11.4. The standard InChI is InChI=1S/C41H34N2O4S2/c1-2-45-40(44)28-49-41(39-12-7-25-48-39,31-15-21-35(22-16-31)46-26-33-19-13-29-8-3-5-10-37(29)42-33)32-17-23-36(24-18-32)47-27-34-20-14-30-9-4-6-11-38(30)43-34/h3-25H,2,26-28H2,1H3. The summed E-state index contributed by atoms with van der Waals surface area (Å²) in [6, 6.07) is 44.7. The Bertz CT molecular complexity index is 2040. The van der Waals surface area contributed by atoms with Crippen LogP contribution in [0.2, 0.25) is 0 Å². The number of carbonyl (C=O) groups is 1. The number of hydrogen-bond donors (Lipinski definition) is 0. The SMILES string of the molecule is CCOC(=O)CSC(c1ccc(OCc2ccc3ccccc3n2)cc1)(c1ccc(OCc2ccc3ccccc3n2)cc1)c1cccs1. The van der Waals surface area contributed by atoms with Gasteiger partial charge in [0.05, 0.1) is 34.8 Å². The molecule has 0 N–H and O–H groups in total. The van der Waals surface area contributed by atoms with Gasteiger partial charge in [0, 0.05) is 15.6 Å². The highest BCUT2D eigenvalue weighted by Crippen LogP contribution is 2.50. The third-order valence-corrected chi connectivity index (χ3v) is 10.8. The Kier molecular flexibility index (Phi) is 9.86. The summed E-state index contributed by atoms with van der Waals surface area (Å²) in [5, 5.41) is 4.27. The van der Waals surface area contributed by atoms with Gasteiger partial charge in [0.2, 0.25) is 0 Å². The number of carbonyl (C=O) groups excluding carboxylic acids is 1. The Morgan fingerprint density at radius 2 is 1.18 bits per heavy atom. The zero-order chi connectivity index (χ0) is 33.5. The number of benzene rings is 4. The molecule has 6 nitrogen and oxygen atoms in total. The summed E-state index contributed by atoms with van der Waals surface area (Å²) in [5.41, 5.74) is 5.66. The first-order chi connectivity index (χ1) is 24.1. The highest BCUT2D eigenvalue weighted by molar-refractivity contribution is 8.01. The van der Waals surface area contributed by atoms with Gasteiger partial charge in [0.1, 0.15) is 29.5 Å². The molecule has 7 aromatic rings. The van der Waals surface area contributed by atoms with Crippen molar-refractivity contribution in [2.75, 3.05) is 12.4 Å². The fourth-order valence-electron chi connectivity index (χ4n) is 5.80. The van der Waals surface area contributed by atoms with Crippen LogP contribution in [0.4, 0.5) is 0 Å². The lowest BCUT2D eigenvalue weighted by Crippen LogP contribution is -2.26. The molecule has 0 radical (unpaired) electrons. The largest absolute Gasteiger partial charge is 0.487 e. The van der Waals surface area contributed by atoms with Crippen molar-refractivity contribution < 1.29 is 19.0 Å². The van der Waals surface area contributed by atoms with Gasteiger partial charge in [-0.05, 0) is 78.0 Å². The summed E-state index contributed by atoms with van der Waals surface area (Å²) in [4.78, 5) is 23.3. The fraction of sp³-hybridized carbons (Fsp3) is 0.146. The summed E-state index contributed by atoms with van der Waals surface area (Å²) in [6.45, 7) is 2.87. The number of pyridine rings is 2. The number of hydrogen-bond acceptors (Lipinski definition) is 8. The van der Waals surface area contributed by atoms with Crippen molar-refractivity contribution in [2.24, 2.45) is 0 Å². The quantitative estimate of drug-likeness (QED) is 0.112. The van der Waals surface area contributed by atoms with Gasteiger partial charge in [-0.2, -0.15) is 0 Å². The third kappa shape index (κ3) is 7.31. The van der Waals surface area contributed by atoms with E-state index in [1.54, 1.807) is 23.1 Å². The lowest BCUT2D eigenvalue weighted by molar-refractivity contribution is -0.139. The lowest BCUT2D eigenvalue weighted by Gasteiger charge is -2.34. The first-order valence-corrected chi connectivity index (χ1v) is 18.0. The molecule has 0 aliphatic rings. The summed E-state index contributed by atoms with van der Waals surface area (Å²) < 4.78 is 17.0. The van der Waals surface area contributed by atoms with Crippen LogP contribution in [0.5, 0.6) is 11.5 Å². The Hall–Kier alpha value is -5.18. The molecule has 4 aromatic carbocycles. The number of fused-ring (bicyclic) bond motifs is 2. The molecule has 0 saturated heterocycles.